The van der Waals surface area contributed by atoms with Gasteiger partial charge in [-0.05, 0) is 41.8 Å². The highest BCUT2D eigenvalue weighted by atomic mass is 28.4. The van der Waals surface area contributed by atoms with Gasteiger partial charge in [-0.1, -0.05) is 71.9 Å². The first-order valence-corrected chi connectivity index (χ1v) is 16.6. The van der Waals surface area contributed by atoms with Crippen LogP contribution in [-0.2, 0) is 13.6 Å². The Kier molecular flexibility index (Phi) is 7.30. The molecule has 0 radical (unpaired) electrons. The number of hydrogen-bond donors (Lipinski definition) is 1. The van der Waals surface area contributed by atoms with Crippen molar-refractivity contribution in [3.8, 4) is 0 Å². The van der Waals surface area contributed by atoms with Crippen LogP contribution in [0.1, 0.15) is 53.2 Å². The fraction of sp³-hybridized carbons (Fsp3) is 0.739. The standard InChI is InChI=1S/C23H42O4Si2/c1-22(2,3)28(7,8)26-20-18(16-24)25-19(17-14-12-11-13-15-17)21(20)27-29(9,10)23(4,5)6/h11-15,18-21,24H,16H2,1-10H3/t18-,19+,20+,21+/m0/s1. The normalized spacial score (nSPS) is 26.7. The zero-order valence-corrected chi connectivity index (χ0v) is 22.1. The molecule has 0 bridgehead atoms. The Morgan fingerprint density at radius 3 is 1.69 bits per heavy atom. The summed E-state index contributed by atoms with van der Waals surface area (Å²) in [6.45, 7) is 22.4. The quantitative estimate of drug-likeness (QED) is 0.562. The third kappa shape index (κ3) is 5.41. The molecule has 0 aromatic heterocycles. The van der Waals surface area contributed by atoms with E-state index >= 15 is 0 Å². The number of aliphatic hydroxyl groups is 1. The van der Waals surface area contributed by atoms with Crippen LogP contribution in [0.3, 0.4) is 0 Å². The topological polar surface area (TPSA) is 47.9 Å². The van der Waals surface area contributed by atoms with E-state index < -0.39 is 16.6 Å². The summed E-state index contributed by atoms with van der Waals surface area (Å²) >= 11 is 0. The van der Waals surface area contributed by atoms with E-state index in [0.29, 0.717) is 0 Å². The third-order valence-electron chi connectivity index (χ3n) is 7.09. The first-order valence-electron chi connectivity index (χ1n) is 10.8. The van der Waals surface area contributed by atoms with Crippen molar-refractivity contribution >= 4 is 16.6 Å². The van der Waals surface area contributed by atoms with Crippen molar-refractivity contribution in [2.45, 2.75) is 102 Å². The summed E-state index contributed by atoms with van der Waals surface area (Å²) in [7, 11) is -4.15. The maximum absolute atomic E-state index is 10.1. The molecule has 1 fully saturated rings. The Morgan fingerprint density at radius 2 is 1.28 bits per heavy atom. The lowest BCUT2D eigenvalue weighted by molar-refractivity contribution is -0.0202. The second-order valence-electron chi connectivity index (χ2n) is 11.4. The molecule has 0 saturated carbocycles. The summed E-state index contributed by atoms with van der Waals surface area (Å²) < 4.78 is 20.2. The number of benzene rings is 1. The fourth-order valence-corrected chi connectivity index (χ4v) is 5.70. The van der Waals surface area contributed by atoms with E-state index in [1.807, 2.05) is 18.2 Å². The number of aliphatic hydroxyl groups excluding tert-OH is 1. The lowest BCUT2D eigenvalue weighted by atomic mass is 10.0. The summed E-state index contributed by atoms with van der Waals surface area (Å²) in [5.74, 6) is 0. The van der Waals surface area contributed by atoms with Gasteiger partial charge in [0.15, 0.2) is 16.6 Å². The van der Waals surface area contributed by atoms with E-state index in [4.69, 9.17) is 13.6 Å². The molecule has 166 valence electrons. The van der Waals surface area contributed by atoms with Gasteiger partial charge in [-0.25, -0.2) is 0 Å². The zero-order valence-electron chi connectivity index (χ0n) is 20.1. The Labute approximate surface area is 180 Å². The minimum atomic E-state index is -2.08. The van der Waals surface area contributed by atoms with E-state index in [0.717, 1.165) is 5.56 Å². The lowest BCUT2D eigenvalue weighted by Crippen LogP contribution is -2.53. The SMILES string of the molecule is CC(C)(C)[Si](C)(C)O[C@H]1[C@H](O[Si](C)(C)C(C)(C)C)[C@@H](c2ccccc2)O[C@H]1CO. The maximum Gasteiger partial charge on any atom is 0.192 e. The Hall–Kier alpha value is -0.506. The molecule has 2 rings (SSSR count). The molecule has 1 N–H and O–H groups in total. The predicted octanol–water partition coefficient (Wildman–Crippen LogP) is 5.90. The number of rotatable bonds is 6. The number of hydrogen-bond acceptors (Lipinski definition) is 4. The minimum Gasteiger partial charge on any atom is -0.408 e. The monoisotopic (exact) mass is 438 g/mol. The van der Waals surface area contributed by atoms with Gasteiger partial charge in [0, 0.05) is 0 Å². The summed E-state index contributed by atoms with van der Waals surface area (Å²) in [4.78, 5) is 0. The highest BCUT2D eigenvalue weighted by Gasteiger charge is 2.53. The van der Waals surface area contributed by atoms with E-state index in [-0.39, 0.29) is 41.1 Å². The predicted molar refractivity (Wildman–Crippen MR) is 125 cm³/mol. The molecule has 1 aliphatic rings. The van der Waals surface area contributed by atoms with Crippen LogP contribution in [0.5, 0.6) is 0 Å². The smallest absolute Gasteiger partial charge is 0.192 e. The summed E-state index contributed by atoms with van der Waals surface area (Å²) in [6, 6.07) is 10.2. The van der Waals surface area contributed by atoms with Gasteiger partial charge in [0.2, 0.25) is 0 Å². The average Bonchev–Trinajstić information content (AvgIpc) is 2.90. The lowest BCUT2D eigenvalue weighted by Gasteiger charge is -2.44. The van der Waals surface area contributed by atoms with Crippen LogP contribution in [-0.4, -0.2) is 46.7 Å². The van der Waals surface area contributed by atoms with Crippen molar-refractivity contribution in [3.63, 3.8) is 0 Å². The van der Waals surface area contributed by atoms with Gasteiger partial charge in [0.25, 0.3) is 0 Å². The van der Waals surface area contributed by atoms with Gasteiger partial charge in [-0.2, -0.15) is 0 Å². The molecule has 0 aliphatic carbocycles. The Morgan fingerprint density at radius 1 is 0.828 bits per heavy atom. The molecular weight excluding hydrogens is 396 g/mol. The number of ether oxygens (including phenoxy) is 1. The molecule has 0 unspecified atom stereocenters. The van der Waals surface area contributed by atoms with E-state index in [2.05, 4.69) is 79.9 Å². The summed E-state index contributed by atoms with van der Waals surface area (Å²) in [6.07, 6.45) is -1.13. The molecule has 4 atom stereocenters. The molecule has 1 aromatic rings. The molecule has 4 nitrogen and oxygen atoms in total. The van der Waals surface area contributed by atoms with Crippen LogP contribution >= 0.6 is 0 Å². The van der Waals surface area contributed by atoms with Gasteiger partial charge >= 0.3 is 0 Å². The van der Waals surface area contributed by atoms with Crippen LogP contribution in [0.2, 0.25) is 36.3 Å². The molecule has 0 spiro atoms. The van der Waals surface area contributed by atoms with Gasteiger partial charge in [-0.15, -0.1) is 0 Å². The second kappa shape index (κ2) is 8.56. The van der Waals surface area contributed by atoms with Crippen LogP contribution in [0.25, 0.3) is 0 Å². The van der Waals surface area contributed by atoms with Crippen molar-refractivity contribution in [1.82, 2.24) is 0 Å². The third-order valence-corrected chi connectivity index (χ3v) is 16.0. The van der Waals surface area contributed by atoms with Crippen LogP contribution in [0.4, 0.5) is 0 Å². The second-order valence-corrected chi connectivity index (χ2v) is 20.9. The van der Waals surface area contributed by atoms with Crippen LogP contribution in [0.15, 0.2) is 30.3 Å². The van der Waals surface area contributed by atoms with Gasteiger partial charge < -0.3 is 18.7 Å². The van der Waals surface area contributed by atoms with Gasteiger partial charge in [-0.3, -0.25) is 0 Å². The van der Waals surface area contributed by atoms with Gasteiger partial charge in [0.05, 0.1) is 6.61 Å². The first-order chi connectivity index (χ1) is 13.1. The summed E-state index contributed by atoms with van der Waals surface area (Å²) in [5, 5.41) is 10.3. The molecule has 1 aromatic carbocycles. The molecule has 29 heavy (non-hydrogen) atoms. The molecule has 1 aliphatic heterocycles. The largest absolute Gasteiger partial charge is 0.408 e. The van der Waals surface area contributed by atoms with E-state index in [1.165, 1.54) is 0 Å². The average molecular weight is 439 g/mol. The zero-order chi connectivity index (χ0) is 22.3. The Balaban J connectivity index is 2.46. The molecule has 1 heterocycles. The summed E-state index contributed by atoms with van der Waals surface area (Å²) in [5.41, 5.74) is 1.08. The highest BCUT2D eigenvalue weighted by molar-refractivity contribution is 6.74. The highest BCUT2D eigenvalue weighted by Crippen LogP contribution is 2.46. The maximum atomic E-state index is 10.1. The van der Waals surface area contributed by atoms with Crippen molar-refractivity contribution in [1.29, 1.82) is 0 Å². The van der Waals surface area contributed by atoms with E-state index in [1.54, 1.807) is 0 Å². The van der Waals surface area contributed by atoms with Crippen molar-refractivity contribution in [2.24, 2.45) is 0 Å². The first kappa shape index (κ1) is 24.8. The minimum absolute atomic E-state index is 0.0688. The van der Waals surface area contributed by atoms with Gasteiger partial charge in [0.1, 0.15) is 24.4 Å². The molecule has 6 heteroatoms. The van der Waals surface area contributed by atoms with Crippen molar-refractivity contribution < 1.29 is 18.7 Å². The molecular formula is C23H42O4Si2. The van der Waals surface area contributed by atoms with Crippen molar-refractivity contribution in [2.75, 3.05) is 6.61 Å². The van der Waals surface area contributed by atoms with E-state index in [9.17, 15) is 5.11 Å². The fourth-order valence-electron chi connectivity index (χ4n) is 3.09. The van der Waals surface area contributed by atoms with Crippen LogP contribution < -0.4 is 0 Å². The molecule has 0 amide bonds. The molecule has 1 saturated heterocycles. The Bertz CT molecular complexity index is 662. The van der Waals surface area contributed by atoms with Crippen molar-refractivity contribution in [3.05, 3.63) is 35.9 Å². The van der Waals surface area contributed by atoms with Crippen LogP contribution in [0, 0.1) is 0 Å².